The molecule has 0 saturated heterocycles. The second-order valence-electron chi connectivity index (χ2n) is 4.06. The van der Waals surface area contributed by atoms with Gasteiger partial charge < -0.3 is 14.6 Å². The Kier molecular flexibility index (Phi) is 2.70. The number of aromatic amines is 1. The average Bonchev–Trinajstić information content (AvgIpc) is 2.99. The summed E-state index contributed by atoms with van der Waals surface area (Å²) in [5.41, 5.74) is 2.18. The van der Waals surface area contributed by atoms with E-state index in [9.17, 15) is 4.79 Å². The van der Waals surface area contributed by atoms with E-state index in [4.69, 9.17) is 14.6 Å². The fourth-order valence-electron chi connectivity index (χ4n) is 1.97. The molecule has 2 heterocycles. The Balaban J connectivity index is 2.21. The number of hydrogen-bond acceptors (Lipinski definition) is 4. The molecule has 1 aliphatic rings. The molecule has 0 radical (unpaired) electrons. The number of carbonyl (C=O) groups is 1. The van der Waals surface area contributed by atoms with Gasteiger partial charge in [0.2, 0.25) is 6.79 Å². The summed E-state index contributed by atoms with van der Waals surface area (Å²) >= 11 is 3.44. The van der Waals surface area contributed by atoms with Crippen LogP contribution in [0.4, 0.5) is 0 Å². The third kappa shape index (κ3) is 1.86. The van der Waals surface area contributed by atoms with E-state index < -0.39 is 5.97 Å². The Morgan fingerprint density at radius 2 is 2.26 bits per heavy atom. The number of aromatic nitrogens is 2. The Hall–Kier alpha value is -2.02. The van der Waals surface area contributed by atoms with Gasteiger partial charge in [-0.2, -0.15) is 5.10 Å². The van der Waals surface area contributed by atoms with Crippen molar-refractivity contribution in [3.8, 4) is 22.8 Å². The fourth-order valence-corrected chi connectivity index (χ4v) is 2.38. The van der Waals surface area contributed by atoms with Gasteiger partial charge >= 0.3 is 5.97 Å². The number of aromatic carboxylic acids is 1. The van der Waals surface area contributed by atoms with Crippen LogP contribution in [0.2, 0.25) is 0 Å². The first-order valence-electron chi connectivity index (χ1n) is 5.45. The van der Waals surface area contributed by atoms with Crippen LogP contribution in [0.25, 0.3) is 11.3 Å². The molecule has 19 heavy (non-hydrogen) atoms. The van der Waals surface area contributed by atoms with Crippen molar-refractivity contribution in [2.45, 2.75) is 6.92 Å². The number of ether oxygens (including phenoxy) is 2. The number of halogens is 1. The predicted octanol–water partition coefficient (Wildman–Crippen LogP) is 2.57. The van der Waals surface area contributed by atoms with E-state index in [1.54, 1.807) is 0 Å². The van der Waals surface area contributed by atoms with Gasteiger partial charge in [-0.25, -0.2) is 4.79 Å². The Morgan fingerprint density at radius 3 is 2.95 bits per heavy atom. The van der Waals surface area contributed by atoms with E-state index in [1.807, 2.05) is 13.0 Å². The third-order valence-corrected chi connectivity index (χ3v) is 3.75. The van der Waals surface area contributed by atoms with Crippen molar-refractivity contribution in [3.05, 3.63) is 27.9 Å². The summed E-state index contributed by atoms with van der Waals surface area (Å²) in [6.07, 6.45) is 0. The highest BCUT2D eigenvalue weighted by molar-refractivity contribution is 9.10. The molecule has 1 aromatic heterocycles. The standard InChI is InChI=1S/C12H9BrN2O4/c1-5-6(13)2-9-11(19-4-18-9)10(5)7-3-8(12(16)17)15-14-7/h2-3H,4H2,1H3,(H,14,15)(H,16,17). The van der Waals surface area contributed by atoms with E-state index in [1.165, 1.54) is 6.07 Å². The topological polar surface area (TPSA) is 84.4 Å². The summed E-state index contributed by atoms with van der Waals surface area (Å²) in [6.45, 7) is 2.05. The molecular weight excluding hydrogens is 316 g/mol. The largest absolute Gasteiger partial charge is 0.477 e. The minimum absolute atomic E-state index is 0.0297. The van der Waals surface area contributed by atoms with Crippen LogP contribution in [-0.4, -0.2) is 28.1 Å². The molecule has 0 atom stereocenters. The zero-order chi connectivity index (χ0) is 13.6. The molecule has 6 nitrogen and oxygen atoms in total. The van der Waals surface area contributed by atoms with Crippen molar-refractivity contribution in [3.63, 3.8) is 0 Å². The highest BCUT2D eigenvalue weighted by atomic mass is 79.9. The Bertz CT molecular complexity index is 681. The lowest BCUT2D eigenvalue weighted by molar-refractivity contribution is 0.0690. The maximum Gasteiger partial charge on any atom is 0.353 e. The zero-order valence-corrected chi connectivity index (χ0v) is 11.4. The van der Waals surface area contributed by atoms with Gasteiger partial charge in [0, 0.05) is 4.47 Å². The van der Waals surface area contributed by atoms with Crippen molar-refractivity contribution in [1.82, 2.24) is 10.2 Å². The number of H-pyrrole nitrogens is 1. The zero-order valence-electron chi connectivity index (χ0n) is 9.86. The van der Waals surface area contributed by atoms with Crippen LogP contribution in [0.1, 0.15) is 16.1 Å². The molecule has 1 aliphatic heterocycles. The van der Waals surface area contributed by atoms with Crippen molar-refractivity contribution in [2.24, 2.45) is 0 Å². The number of hydrogen-bond donors (Lipinski definition) is 2. The lowest BCUT2D eigenvalue weighted by Crippen LogP contribution is -1.95. The lowest BCUT2D eigenvalue weighted by atomic mass is 10.0. The first-order chi connectivity index (χ1) is 9.08. The fraction of sp³-hybridized carbons (Fsp3) is 0.167. The predicted molar refractivity (Wildman–Crippen MR) is 69.5 cm³/mol. The monoisotopic (exact) mass is 324 g/mol. The number of carboxylic acids is 1. The molecule has 0 amide bonds. The van der Waals surface area contributed by atoms with Crippen molar-refractivity contribution in [2.75, 3.05) is 6.79 Å². The Morgan fingerprint density at radius 1 is 1.47 bits per heavy atom. The molecule has 0 bridgehead atoms. The van der Waals surface area contributed by atoms with Crippen LogP contribution >= 0.6 is 15.9 Å². The van der Waals surface area contributed by atoms with Gasteiger partial charge in [0.25, 0.3) is 0 Å². The van der Waals surface area contributed by atoms with Crippen LogP contribution in [0.3, 0.4) is 0 Å². The van der Waals surface area contributed by atoms with E-state index in [-0.39, 0.29) is 12.5 Å². The molecule has 0 aliphatic carbocycles. The number of rotatable bonds is 2. The third-order valence-electron chi connectivity index (χ3n) is 2.92. The molecule has 0 fully saturated rings. The first-order valence-corrected chi connectivity index (χ1v) is 6.25. The molecular formula is C12H9BrN2O4. The van der Waals surface area contributed by atoms with Crippen molar-refractivity contribution >= 4 is 21.9 Å². The molecule has 7 heteroatoms. The van der Waals surface area contributed by atoms with Crippen LogP contribution in [0.5, 0.6) is 11.5 Å². The molecule has 3 rings (SSSR count). The van der Waals surface area contributed by atoms with Gasteiger partial charge in [0.05, 0.1) is 11.3 Å². The van der Waals surface area contributed by atoms with Crippen LogP contribution in [0, 0.1) is 6.92 Å². The van der Waals surface area contributed by atoms with E-state index >= 15 is 0 Å². The van der Waals surface area contributed by atoms with Gasteiger partial charge in [0.15, 0.2) is 11.5 Å². The summed E-state index contributed by atoms with van der Waals surface area (Å²) in [7, 11) is 0. The van der Waals surface area contributed by atoms with E-state index in [0.29, 0.717) is 17.2 Å². The molecule has 2 N–H and O–H groups in total. The van der Waals surface area contributed by atoms with Gasteiger partial charge in [-0.15, -0.1) is 0 Å². The smallest absolute Gasteiger partial charge is 0.353 e. The molecule has 0 unspecified atom stereocenters. The van der Waals surface area contributed by atoms with Crippen molar-refractivity contribution in [1.29, 1.82) is 0 Å². The van der Waals surface area contributed by atoms with Crippen LogP contribution in [0.15, 0.2) is 16.6 Å². The summed E-state index contributed by atoms with van der Waals surface area (Å²) in [5, 5.41) is 15.4. The van der Waals surface area contributed by atoms with Crippen molar-refractivity contribution < 1.29 is 19.4 Å². The quantitative estimate of drug-likeness (QED) is 0.886. The summed E-state index contributed by atoms with van der Waals surface area (Å²) < 4.78 is 11.6. The number of nitrogens with one attached hydrogen (secondary N) is 1. The minimum Gasteiger partial charge on any atom is -0.477 e. The summed E-state index contributed by atoms with van der Waals surface area (Å²) in [6, 6.07) is 3.30. The molecule has 0 saturated carbocycles. The summed E-state index contributed by atoms with van der Waals surface area (Å²) in [4.78, 5) is 10.9. The normalized spacial score (nSPS) is 12.7. The van der Waals surface area contributed by atoms with Gasteiger partial charge in [-0.05, 0) is 24.6 Å². The highest BCUT2D eigenvalue weighted by Crippen LogP contribution is 2.45. The van der Waals surface area contributed by atoms with E-state index in [2.05, 4.69) is 26.1 Å². The van der Waals surface area contributed by atoms with E-state index in [0.717, 1.165) is 15.6 Å². The second kappa shape index (κ2) is 4.27. The Labute approximate surface area is 116 Å². The molecule has 0 spiro atoms. The molecule has 2 aromatic rings. The summed E-state index contributed by atoms with van der Waals surface area (Å²) in [5.74, 6) is 0.150. The maximum atomic E-state index is 10.9. The van der Waals surface area contributed by atoms with Gasteiger partial charge in [-0.1, -0.05) is 15.9 Å². The average molecular weight is 325 g/mol. The number of carboxylic acid groups (broad SMARTS) is 1. The van der Waals surface area contributed by atoms with Crippen LogP contribution in [-0.2, 0) is 0 Å². The minimum atomic E-state index is -1.06. The maximum absolute atomic E-state index is 10.9. The second-order valence-corrected chi connectivity index (χ2v) is 4.92. The number of fused-ring (bicyclic) bond motifs is 1. The first kappa shape index (κ1) is 12.0. The number of nitrogens with zero attached hydrogens (tertiary/aromatic N) is 1. The molecule has 98 valence electrons. The molecule has 1 aromatic carbocycles. The van der Waals surface area contributed by atoms with Gasteiger partial charge in [-0.3, -0.25) is 5.10 Å². The SMILES string of the molecule is Cc1c(Br)cc2c(c1-c1cc(C(=O)O)[nH]n1)OCO2. The highest BCUT2D eigenvalue weighted by Gasteiger charge is 2.25. The van der Waals surface area contributed by atoms with Crippen LogP contribution < -0.4 is 9.47 Å². The van der Waals surface area contributed by atoms with Gasteiger partial charge in [0.1, 0.15) is 5.69 Å². The number of benzene rings is 1. The lowest BCUT2D eigenvalue weighted by Gasteiger charge is -2.09.